The number of hydrogen-bond donors (Lipinski definition) is 2. The van der Waals surface area contributed by atoms with E-state index in [9.17, 15) is 13.2 Å². The van der Waals surface area contributed by atoms with Gasteiger partial charge in [0.05, 0.1) is 17.5 Å². The van der Waals surface area contributed by atoms with Crippen molar-refractivity contribution in [1.82, 2.24) is 10.0 Å². The number of rotatable bonds is 8. The zero-order valence-corrected chi connectivity index (χ0v) is 15.6. The van der Waals surface area contributed by atoms with Gasteiger partial charge in [0.2, 0.25) is 15.9 Å². The Hall–Kier alpha value is -1.48. The molecule has 1 aromatic rings. The summed E-state index contributed by atoms with van der Waals surface area (Å²) in [6, 6.07) is 6.88. The maximum absolute atomic E-state index is 12.7. The van der Waals surface area contributed by atoms with Crippen LogP contribution in [0.15, 0.2) is 35.2 Å². The maximum atomic E-state index is 12.7. The molecule has 0 aromatic heterocycles. The monoisotopic (exact) mass is 370 g/mol. The first kappa shape index (κ1) is 19.8. The molecule has 0 spiro atoms. The highest BCUT2D eigenvalue weighted by Gasteiger charge is 2.33. The fourth-order valence-corrected chi connectivity index (χ4v) is 3.98. The van der Waals surface area contributed by atoms with Crippen molar-refractivity contribution in [3.05, 3.63) is 30.3 Å². The van der Waals surface area contributed by atoms with Gasteiger partial charge in [-0.15, -0.1) is 0 Å². The molecule has 0 aliphatic carbocycles. The van der Waals surface area contributed by atoms with Crippen LogP contribution in [0, 0.1) is 5.92 Å². The first-order chi connectivity index (χ1) is 11.8. The third-order valence-corrected chi connectivity index (χ3v) is 5.46. The van der Waals surface area contributed by atoms with Gasteiger partial charge in [-0.25, -0.2) is 8.42 Å². The van der Waals surface area contributed by atoms with Crippen LogP contribution in [-0.2, 0) is 24.3 Å². The zero-order chi connectivity index (χ0) is 18.4. The van der Waals surface area contributed by atoms with Crippen LogP contribution in [0.1, 0.15) is 26.7 Å². The van der Waals surface area contributed by atoms with Gasteiger partial charge < -0.3 is 14.8 Å². The second-order valence-electron chi connectivity index (χ2n) is 6.50. The summed E-state index contributed by atoms with van der Waals surface area (Å²) in [6.45, 7) is 4.37. The summed E-state index contributed by atoms with van der Waals surface area (Å²) < 4.78 is 38.2. The summed E-state index contributed by atoms with van der Waals surface area (Å²) in [4.78, 5) is 12.8. The van der Waals surface area contributed by atoms with E-state index in [0.717, 1.165) is 0 Å². The molecule has 1 aromatic carbocycles. The number of carbonyl (C=O) groups is 1. The number of amides is 1. The molecule has 2 rings (SSSR count). The van der Waals surface area contributed by atoms with Crippen molar-refractivity contribution in [3.63, 3.8) is 0 Å². The van der Waals surface area contributed by atoms with E-state index in [2.05, 4.69) is 10.0 Å². The molecule has 25 heavy (non-hydrogen) atoms. The summed E-state index contributed by atoms with van der Waals surface area (Å²) in [5.74, 6) is -0.224. The number of nitrogens with one attached hydrogen (secondary N) is 2. The van der Waals surface area contributed by atoms with Crippen LogP contribution >= 0.6 is 0 Å². The Morgan fingerprint density at radius 3 is 2.60 bits per heavy atom. The topological polar surface area (TPSA) is 93.7 Å². The molecular formula is C17H26N2O5S. The lowest BCUT2D eigenvalue weighted by Gasteiger charge is -2.24. The summed E-state index contributed by atoms with van der Waals surface area (Å²) >= 11 is 0. The largest absolute Gasteiger partial charge is 0.354 e. The Kier molecular flexibility index (Phi) is 6.95. The number of methoxy groups -OCH3 is 1. The SMILES string of the molecule is COC1OCC[C@@H]1NC(=O)[C@H](CC(C)C)NS(=O)(=O)c1ccccc1. The Labute approximate surface area is 149 Å². The van der Waals surface area contributed by atoms with Gasteiger partial charge in [0.25, 0.3) is 0 Å². The first-order valence-electron chi connectivity index (χ1n) is 8.35. The smallest absolute Gasteiger partial charge is 0.241 e. The average molecular weight is 370 g/mol. The van der Waals surface area contributed by atoms with E-state index in [4.69, 9.17) is 9.47 Å². The molecule has 1 fully saturated rings. The fourth-order valence-electron chi connectivity index (χ4n) is 2.75. The third-order valence-electron chi connectivity index (χ3n) is 3.97. The summed E-state index contributed by atoms with van der Waals surface area (Å²) in [5, 5.41) is 2.84. The third kappa shape index (κ3) is 5.50. The van der Waals surface area contributed by atoms with Gasteiger partial charge in [0.1, 0.15) is 6.04 Å². The highest BCUT2D eigenvalue weighted by molar-refractivity contribution is 7.89. The minimum Gasteiger partial charge on any atom is -0.354 e. The molecule has 2 N–H and O–H groups in total. The van der Waals surface area contributed by atoms with Crippen LogP contribution < -0.4 is 10.0 Å². The molecule has 140 valence electrons. The van der Waals surface area contributed by atoms with Gasteiger partial charge in [-0.2, -0.15) is 4.72 Å². The molecule has 1 unspecified atom stereocenters. The highest BCUT2D eigenvalue weighted by Crippen LogP contribution is 2.16. The Bertz CT molecular complexity index is 663. The Morgan fingerprint density at radius 1 is 1.32 bits per heavy atom. The van der Waals surface area contributed by atoms with Gasteiger partial charge in [-0.05, 0) is 30.9 Å². The van der Waals surface area contributed by atoms with E-state index >= 15 is 0 Å². The van der Waals surface area contributed by atoms with Gasteiger partial charge in [-0.1, -0.05) is 32.0 Å². The fraction of sp³-hybridized carbons (Fsp3) is 0.588. The molecule has 0 radical (unpaired) electrons. The number of benzene rings is 1. The summed E-state index contributed by atoms with van der Waals surface area (Å²) in [6.07, 6.45) is 0.516. The molecular weight excluding hydrogens is 344 g/mol. The van der Waals surface area contributed by atoms with Crippen molar-refractivity contribution in [1.29, 1.82) is 0 Å². The predicted molar refractivity (Wildman–Crippen MR) is 93.3 cm³/mol. The standard InChI is InChI=1S/C17H26N2O5S/c1-12(2)11-15(16(20)18-14-9-10-24-17(14)23-3)19-25(21,22)13-7-5-4-6-8-13/h4-8,12,14-15,17,19H,9-11H2,1-3H3,(H,18,20)/t14-,15-,17?/m0/s1. The molecule has 7 nitrogen and oxygen atoms in total. The molecule has 0 bridgehead atoms. The average Bonchev–Trinajstić information content (AvgIpc) is 3.01. The van der Waals surface area contributed by atoms with Crippen LogP contribution in [0.4, 0.5) is 0 Å². The number of carbonyl (C=O) groups excluding carboxylic acids is 1. The molecule has 0 saturated carbocycles. The zero-order valence-electron chi connectivity index (χ0n) is 14.8. The second kappa shape index (κ2) is 8.75. The van der Waals surface area contributed by atoms with E-state index in [0.29, 0.717) is 19.4 Å². The van der Waals surface area contributed by atoms with Crippen LogP contribution in [-0.4, -0.2) is 46.4 Å². The molecule has 1 saturated heterocycles. The lowest BCUT2D eigenvalue weighted by Crippen LogP contribution is -2.52. The lowest BCUT2D eigenvalue weighted by molar-refractivity contribution is -0.130. The van der Waals surface area contributed by atoms with Crippen molar-refractivity contribution >= 4 is 15.9 Å². The normalized spacial score (nSPS) is 22.1. The summed E-state index contributed by atoms with van der Waals surface area (Å²) in [7, 11) is -2.26. The van der Waals surface area contributed by atoms with Crippen molar-refractivity contribution in [2.45, 2.75) is 50.0 Å². The van der Waals surface area contributed by atoms with E-state index in [-0.39, 0.29) is 22.8 Å². The van der Waals surface area contributed by atoms with E-state index in [1.54, 1.807) is 18.2 Å². The quantitative estimate of drug-likeness (QED) is 0.718. The van der Waals surface area contributed by atoms with Crippen molar-refractivity contribution < 1.29 is 22.7 Å². The summed E-state index contributed by atoms with van der Waals surface area (Å²) in [5.41, 5.74) is 0. The number of ether oxygens (including phenoxy) is 2. The minimum absolute atomic E-state index is 0.135. The maximum Gasteiger partial charge on any atom is 0.241 e. The molecule has 1 amide bonds. The van der Waals surface area contributed by atoms with Crippen molar-refractivity contribution in [3.8, 4) is 0 Å². The van der Waals surface area contributed by atoms with E-state index < -0.39 is 22.4 Å². The van der Waals surface area contributed by atoms with E-state index in [1.807, 2.05) is 13.8 Å². The van der Waals surface area contributed by atoms with Gasteiger partial charge in [-0.3, -0.25) is 4.79 Å². The Balaban J connectivity index is 2.11. The Morgan fingerprint density at radius 2 is 2.00 bits per heavy atom. The molecule has 8 heteroatoms. The van der Waals surface area contributed by atoms with Gasteiger partial charge in [0.15, 0.2) is 6.29 Å². The van der Waals surface area contributed by atoms with Gasteiger partial charge in [0, 0.05) is 7.11 Å². The number of hydrogen-bond acceptors (Lipinski definition) is 5. The molecule has 1 aliphatic rings. The van der Waals surface area contributed by atoms with Crippen LogP contribution in [0.3, 0.4) is 0 Å². The predicted octanol–water partition coefficient (Wildman–Crippen LogP) is 1.26. The van der Waals surface area contributed by atoms with Crippen molar-refractivity contribution in [2.24, 2.45) is 5.92 Å². The second-order valence-corrected chi connectivity index (χ2v) is 8.21. The molecule has 3 atom stereocenters. The minimum atomic E-state index is -3.78. The highest BCUT2D eigenvalue weighted by atomic mass is 32.2. The molecule has 1 heterocycles. The van der Waals surface area contributed by atoms with Crippen LogP contribution in [0.25, 0.3) is 0 Å². The lowest BCUT2D eigenvalue weighted by atomic mass is 10.0. The van der Waals surface area contributed by atoms with Crippen LogP contribution in [0.2, 0.25) is 0 Å². The van der Waals surface area contributed by atoms with Crippen molar-refractivity contribution in [2.75, 3.05) is 13.7 Å². The van der Waals surface area contributed by atoms with Crippen LogP contribution in [0.5, 0.6) is 0 Å². The van der Waals surface area contributed by atoms with Gasteiger partial charge >= 0.3 is 0 Å². The first-order valence-corrected chi connectivity index (χ1v) is 9.84. The number of sulfonamides is 1. The molecule has 1 aliphatic heterocycles. The van der Waals surface area contributed by atoms with E-state index in [1.165, 1.54) is 19.2 Å².